The number of ether oxygens (including phenoxy) is 1. The van der Waals surface area contributed by atoms with Crippen LogP contribution in [0.15, 0.2) is 77.1 Å². The Balaban J connectivity index is 1.59. The van der Waals surface area contributed by atoms with Crippen molar-refractivity contribution in [3.8, 4) is 17.0 Å². The lowest BCUT2D eigenvalue weighted by molar-refractivity contribution is -0.384. The van der Waals surface area contributed by atoms with Crippen LogP contribution in [0.1, 0.15) is 5.56 Å². The molecule has 0 saturated carbocycles. The van der Waals surface area contributed by atoms with E-state index in [-0.39, 0.29) is 23.9 Å². The molecule has 1 amide bonds. The van der Waals surface area contributed by atoms with Crippen molar-refractivity contribution in [3.05, 3.63) is 97.6 Å². The summed E-state index contributed by atoms with van der Waals surface area (Å²) in [5.41, 5.74) is 3.68. The summed E-state index contributed by atoms with van der Waals surface area (Å²) < 4.78 is 7.51. The van der Waals surface area contributed by atoms with Gasteiger partial charge in [-0.1, -0.05) is 35.9 Å². The van der Waals surface area contributed by atoms with Gasteiger partial charge in [-0.2, -0.15) is 0 Å². The monoisotopic (exact) mass is 506 g/mol. The lowest BCUT2D eigenvalue weighted by Crippen LogP contribution is -2.25. The van der Waals surface area contributed by atoms with Crippen LogP contribution in [0.25, 0.3) is 11.3 Å². The summed E-state index contributed by atoms with van der Waals surface area (Å²) in [5, 5.41) is 17.0. The highest BCUT2D eigenvalue weighted by Gasteiger charge is 2.18. The molecule has 3 aromatic carbocycles. The first kappa shape index (κ1) is 22.8. The van der Waals surface area contributed by atoms with Gasteiger partial charge in [0.1, 0.15) is 11.4 Å². The van der Waals surface area contributed by atoms with Gasteiger partial charge >= 0.3 is 0 Å². The molecule has 1 aliphatic heterocycles. The topological polar surface area (TPSA) is 98.8 Å². The maximum atomic E-state index is 11.8. The highest BCUT2D eigenvalue weighted by molar-refractivity contribution is 7.07. The number of hydrogen-bond donors (Lipinski definition) is 1. The van der Waals surface area contributed by atoms with Crippen molar-refractivity contribution in [3.63, 3.8) is 0 Å². The molecule has 5 rings (SSSR count). The fourth-order valence-corrected chi connectivity index (χ4v) is 4.89. The van der Waals surface area contributed by atoms with Crippen molar-refractivity contribution >= 4 is 45.9 Å². The third kappa shape index (κ3) is 4.96. The number of aryl methyl sites for hydroxylation is 1. The van der Waals surface area contributed by atoms with Crippen LogP contribution >= 0.6 is 22.9 Å². The van der Waals surface area contributed by atoms with Crippen molar-refractivity contribution in [2.24, 2.45) is 4.99 Å². The molecule has 8 nitrogen and oxygen atoms in total. The Hall–Kier alpha value is -3.95. The van der Waals surface area contributed by atoms with Gasteiger partial charge in [0.2, 0.25) is 0 Å². The van der Waals surface area contributed by atoms with Gasteiger partial charge in [-0.15, -0.1) is 11.3 Å². The van der Waals surface area contributed by atoms with Crippen LogP contribution in [0, 0.1) is 10.1 Å². The fourth-order valence-electron chi connectivity index (χ4n) is 3.82. The number of fused-ring (bicyclic) bond motifs is 1. The minimum atomic E-state index is -0.433. The van der Waals surface area contributed by atoms with E-state index in [0.717, 1.165) is 16.8 Å². The molecular formula is C25H19ClN4O4S. The number of benzene rings is 3. The van der Waals surface area contributed by atoms with Crippen LogP contribution in [-0.2, 0) is 17.8 Å². The number of aromatic nitrogens is 1. The Morgan fingerprint density at radius 1 is 1.14 bits per heavy atom. The lowest BCUT2D eigenvalue weighted by atomic mass is 10.1. The van der Waals surface area contributed by atoms with Gasteiger partial charge in [0, 0.05) is 28.6 Å². The maximum Gasteiger partial charge on any atom is 0.294 e. The highest BCUT2D eigenvalue weighted by Crippen LogP contribution is 2.33. The molecule has 0 aliphatic carbocycles. The van der Waals surface area contributed by atoms with E-state index < -0.39 is 4.92 Å². The third-order valence-electron chi connectivity index (χ3n) is 5.54. The highest BCUT2D eigenvalue weighted by atomic mass is 35.5. The molecule has 10 heteroatoms. The summed E-state index contributed by atoms with van der Waals surface area (Å²) in [4.78, 5) is 28.2. The first-order chi connectivity index (χ1) is 17.0. The van der Waals surface area contributed by atoms with Crippen molar-refractivity contribution in [1.82, 2.24) is 4.57 Å². The number of carbonyl (C=O) groups is 1. The zero-order valence-corrected chi connectivity index (χ0v) is 19.9. The molecule has 1 aliphatic rings. The normalized spacial score (nSPS) is 13.2. The van der Waals surface area contributed by atoms with Gasteiger partial charge in [0.15, 0.2) is 11.4 Å². The lowest BCUT2D eigenvalue weighted by Gasteiger charge is -2.19. The van der Waals surface area contributed by atoms with E-state index in [1.54, 1.807) is 18.2 Å². The number of para-hydroxylation sites is 2. The smallest absolute Gasteiger partial charge is 0.294 e. The summed E-state index contributed by atoms with van der Waals surface area (Å²) in [6, 6.07) is 19.7. The Kier molecular flexibility index (Phi) is 6.35. The van der Waals surface area contributed by atoms with E-state index in [0.29, 0.717) is 34.2 Å². The molecule has 1 N–H and O–H groups in total. The molecule has 0 fully saturated rings. The number of halogens is 1. The minimum Gasteiger partial charge on any atom is -0.482 e. The molecule has 2 heterocycles. The molecular weight excluding hydrogens is 488 g/mol. The average molecular weight is 507 g/mol. The molecule has 0 atom stereocenters. The van der Waals surface area contributed by atoms with Gasteiger partial charge in [-0.3, -0.25) is 14.9 Å². The molecule has 0 saturated heterocycles. The summed E-state index contributed by atoms with van der Waals surface area (Å²) in [6.45, 7) is 0.574. The van der Waals surface area contributed by atoms with Crippen LogP contribution in [0.2, 0.25) is 5.02 Å². The predicted molar refractivity (Wildman–Crippen MR) is 135 cm³/mol. The summed E-state index contributed by atoms with van der Waals surface area (Å²) in [7, 11) is 0. The summed E-state index contributed by atoms with van der Waals surface area (Å²) in [6.07, 6.45) is 0.704. The number of nitro groups is 1. The zero-order chi connectivity index (χ0) is 24.4. The standard InChI is InChI=1S/C25H19ClN4O4S/c26-18-8-5-16(6-9-18)11-12-29-22(17-7-10-23-20(13-17)27-24(31)14-34-23)15-35-25(29)28-19-3-1-2-4-21(19)30(32)33/h1-10,13,15H,11-12,14H2,(H,27,31). The van der Waals surface area contributed by atoms with E-state index in [1.165, 1.54) is 17.4 Å². The van der Waals surface area contributed by atoms with Gasteiger partial charge in [-0.05, 0) is 48.4 Å². The van der Waals surface area contributed by atoms with Crippen LogP contribution in [0.3, 0.4) is 0 Å². The second kappa shape index (κ2) is 9.73. The number of nitro benzene ring substituents is 1. The molecule has 0 radical (unpaired) electrons. The van der Waals surface area contributed by atoms with Gasteiger partial charge in [0.05, 0.1) is 16.3 Å². The average Bonchev–Trinajstić information content (AvgIpc) is 3.25. The molecule has 35 heavy (non-hydrogen) atoms. The van der Waals surface area contributed by atoms with Crippen molar-refractivity contribution in [1.29, 1.82) is 0 Å². The van der Waals surface area contributed by atoms with E-state index >= 15 is 0 Å². The Morgan fingerprint density at radius 3 is 2.74 bits per heavy atom. The Labute approximate surface area is 209 Å². The Morgan fingerprint density at radius 2 is 1.94 bits per heavy atom. The van der Waals surface area contributed by atoms with Gasteiger partial charge in [-0.25, -0.2) is 4.99 Å². The third-order valence-corrected chi connectivity index (χ3v) is 6.65. The number of nitrogens with zero attached hydrogens (tertiary/aromatic N) is 3. The largest absolute Gasteiger partial charge is 0.482 e. The minimum absolute atomic E-state index is 0.00915. The van der Waals surface area contributed by atoms with E-state index in [9.17, 15) is 14.9 Å². The predicted octanol–water partition coefficient (Wildman–Crippen LogP) is 5.58. The summed E-state index contributed by atoms with van der Waals surface area (Å²) >= 11 is 7.42. The number of rotatable bonds is 6. The van der Waals surface area contributed by atoms with E-state index in [2.05, 4.69) is 10.3 Å². The van der Waals surface area contributed by atoms with Crippen LogP contribution in [0.4, 0.5) is 17.1 Å². The second-order valence-corrected chi connectivity index (χ2v) is 9.11. The number of amides is 1. The van der Waals surface area contributed by atoms with Crippen LogP contribution in [-0.4, -0.2) is 22.0 Å². The number of thiazole rings is 1. The van der Waals surface area contributed by atoms with Crippen LogP contribution in [0.5, 0.6) is 5.75 Å². The molecule has 0 bridgehead atoms. The molecule has 1 aromatic heterocycles. The molecule has 4 aromatic rings. The quantitative estimate of drug-likeness (QED) is 0.272. The number of nitrogens with one attached hydrogen (secondary N) is 1. The maximum absolute atomic E-state index is 11.8. The first-order valence-electron chi connectivity index (χ1n) is 10.8. The van der Waals surface area contributed by atoms with E-state index in [1.807, 2.05) is 52.4 Å². The molecule has 0 spiro atoms. The molecule has 176 valence electrons. The van der Waals surface area contributed by atoms with Crippen molar-refractivity contribution in [2.75, 3.05) is 11.9 Å². The van der Waals surface area contributed by atoms with Gasteiger partial charge in [0.25, 0.3) is 11.6 Å². The molecule has 0 unspecified atom stereocenters. The fraction of sp³-hybridized carbons (Fsp3) is 0.120. The number of anilines is 1. The Bertz CT molecular complexity index is 1490. The first-order valence-corrected chi connectivity index (χ1v) is 12.0. The summed E-state index contributed by atoms with van der Waals surface area (Å²) in [5.74, 6) is 0.406. The van der Waals surface area contributed by atoms with Gasteiger partial charge < -0.3 is 14.6 Å². The van der Waals surface area contributed by atoms with Crippen molar-refractivity contribution in [2.45, 2.75) is 13.0 Å². The van der Waals surface area contributed by atoms with E-state index in [4.69, 9.17) is 16.3 Å². The number of hydrogen-bond acceptors (Lipinski definition) is 6. The number of carbonyl (C=O) groups excluding carboxylic acids is 1. The SMILES string of the molecule is O=C1COc2ccc(-c3csc(=Nc4ccccc4[N+](=O)[O-])n3CCc3ccc(Cl)cc3)cc2N1. The second-order valence-electron chi connectivity index (χ2n) is 7.84. The zero-order valence-electron chi connectivity index (χ0n) is 18.3. The van der Waals surface area contributed by atoms with Crippen molar-refractivity contribution < 1.29 is 14.5 Å². The van der Waals surface area contributed by atoms with Crippen LogP contribution < -0.4 is 14.9 Å².